The van der Waals surface area contributed by atoms with E-state index in [9.17, 15) is 10.2 Å². The Morgan fingerprint density at radius 2 is 1.07 bits per heavy atom. The third-order valence-corrected chi connectivity index (χ3v) is 4.96. The van der Waals surface area contributed by atoms with Crippen LogP contribution in [0.2, 0.25) is 0 Å². The van der Waals surface area contributed by atoms with Crippen molar-refractivity contribution in [3.8, 4) is 23.7 Å². The molecular formula is C26H24O2. The van der Waals surface area contributed by atoms with E-state index in [2.05, 4.69) is 72.3 Å². The molecule has 2 atom stereocenters. The molecule has 28 heavy (non-hydrogen) atoms. The zero-order valence-corrected chi connectivity index (χ0v) is 16.7. The Balaban J connectivity index is 1.90. The van der Waals surface area contributed by atoms with E-state index in [4.69, 9.17) is 0 Å². The average molecular weight is 368 g/mol. The highest BCUT2D eigenvalue weighted by Gasteiger charge is 2.24. The van der Waals surface area contributed by atoms with Crippen LogP contribution < -0.4 is 0 Å². The molecule has 2 aliphatic rings. The lowest BCUT2D eigenvalue weighted by atomic mass is 9.78. The van der Waals surface area contributed by atoms with Gasteiger partial charge in [-0.05, 0) is 60.7 Å². The van der Waals surface area contributed by atoms with Crippen molar-refractivity contribution in [1.82, 2.24) is 0 Å². The molecule has 0 fully saturated rings. The van der Waals surface area contributed by atoms with Crippen LogP contribution in [0.5, 0.6) is 0 Å². The van der Waals surface area contributed by atoms with Gasteiger partial charge in [-0.15, -0.1) is 0 Å². The van der Waals surface area contributed by atoms with Gasteiger partial charge in [0.25, 0.3) is 0 Å². The number of hydrogen-bond donors (Lipinski definition) is 2. The summed E-state index contributed by atoms with van der Waals surface area (Å²) in [5.74, 6) is 12.3. The zero-order chi connectivity index (χ0) is 20.1. The van der Waals surface area contributed by atoms with Crippen molar-refractivity contribution in [1.29, 1.82) is 0 Å². The van der Waals surface area contributed by atoms with Gasteiger partial charge in [0.15, 0.2) is 0 Å². The molecule has 0 amide bonds. The second-order valence-electron chi connectivity index (χ2n) is 8.57. The Bertz CT molecular complexity index is 1050. The van der Waals surface area contributed by atoms with E-state index in [0.29, 0.717) is 0 Å². The van der Waals surface area contributed by atoms with Crippen molar-refractivity contribution in [3.63, 3.8) is 0 Å². The third-order valence-electron chi connectivity index (χ3n) is 4.96. The van der Waals surface area contributed by atoms with Gasteiger partial charge in [-0.1, -0.05) is 72.3 Å². The van der Waals surface area contributed by atoms with Crippen LogP contribution in [-0.4, -0.2) is 21.4 Å². The molecule has 0 saturated carbocycles. The molecule has 0 saturated heterocycles. The van der Waals surface area contributed by atoms with E-state index in [1.807, 2.05) is 0 Å². The second kappa shape index (κ2) is 6.39. The minimum Gasteiger partial charge on any atom is -0.378 e. The van der Waals surface area contributed by atoms with E-state index in [-0.39, 0.29) is 11.8 Å². The summed E-state index contributed by atoms with van der Waals surface area (Å²) in [7, 11) is 0. The summed E-state index contributed by atoms with van der Waals surface area (Å²) in [6, 6.07) is 8.56. The predicted molar refractivity (Wildman–Crippen MR) is 116 cm³/mol. The summed E-state index contributed by atoms with van der Waals surface area (Å²) < 4.78 is 0. The molecule has 0 aliphatic heterocycles. The molecule has 0 bridgehead atoms. The Kier molecular flexibility index (Phi) is 4.24. The molecule has 140 valence electrons. The zero-order valence-electron chi connectivity index (χ0n) is 16.7. The second-order valence-corrected chi connectivity index (χ2v) is 8.57. The van der Waals surface area contributed by atoms with Crippen molar-refractivity contribution in [3.05, 3.63) is 58.7 Å². The number of allylic oxidation sites excluding steroid dienone is 2. The molecule has 2 nitrogen and oxygen atoms in total. The van der Waals surface area contributed by atoms with Gasteiger partial charge >= 0.3 is 0 Å². The first-order chi connectivity index (χ1) is 13.1. The van der Waals surface area contributed by atoms with Gasteiger partial charge in [-0.2, -0.15) is 0 Å². The summed E-state index contributed by atoms with van der Waals surface area (Å²) in [6.45, 7) is 6.80. The monoisotopic (exact) mass is 368 g/mol. The molecule has 2 aromatic carbocycles. The highest BCUT2D eigenvalue weighted by molar-refractivity contribution is 6.04. The molecule has 4 rings (SSSR count). The molecule has 2 aromatic rings. The van der Waals surface area contributed by atoms with Crippen LogP contribution in [-0.2, 0) is 0 Å². The maximum atomic E-state index is 9.99. The summed E-state index contributed by atoms with van der Waals surface area (Å²) in [6.07, 6.45) is 8.44. The van der Waals surface area contributed by atoms with E-state index in [1.165, 1.54) is 33.0 Å². The quantitative estimate of drug-likeness (QED) is 0.667. The first-order valence-electron chi connectivity index (χ1n) is 9.58. The minimum atomic E-state index is -1.01. The summed E-state index contributed by atoms with van der Waals surface area (Å²) in [5.41, 5.74) is 2.67. The van der Waals surface area contributed by atoms with Crippen molar-refractivity contribution < 1.29 is 10.2 Å². The molecule has 0 heterocycles. The SMILES string of the molecule is CC(C)(O)C#CC1C=Cc2ccc3c4c(ccc1c24)C(C#CC(C)(C)O)C=C3. The molecule has 0 spiro atoms. The first kappa shape index (κ1) is 18.6. The van der Waals surface area contributed by atoms with Gasteiger partial charge in [0.1, 0.15) is 11.2 Å². The minimum absolute atomic E-state index is 0.0463. The molecule has 2 aliphatic carbocycles. The smallest absolute Gasteiger partial charge is 0.119 e. The molecule has 0 aromatic heterocycles. The largest absolute Gasteiger partial charge is 0.378 e. The van der Waals surface area contributed by atoms with Crippen LogP contribution >= 0.6 is 0 Å². The fourth-order valence-corrected chi connectivity index (χ4v) is 3.77. The van der Waals surface area contributed by atoms with Crippen LogP contribution in [0.4, 0.5) is 0 Å². The van der Waals surface area contributed by atoms with E-state index >= 15 is 0 Å². The van der Waals surface area contributed by atoms with Crippen LogP contribution in [0.15, 0.2) is 36.4 Å². The lowest BCUT2D eigenvalue weighted by molar-refractivity contribution is 0.143. The van der Waals surface area contributed by atoms with Crippen molar-refractivity contribution in [2.75, 3.05) is 0 Å². The van der Waals surface area contributed by atoms with Crippen LogP contribution in [0.1, 0.15) is 61.8 Å². The summed E-state index contributed by atoms with van der Waals surface area (Å²) in [4.78, 5) is 0. The van der Waals surface area contributed by atoms with Gasteiger partial charge < -0.3 is 10.2 Å². The van der Waals surface area contributed by atoms with Crippen LogP contribution in [0.25, 0.3) is 22.9 Å². The highest BCUT2D eigenvalue weighted by Crippen LogP contribution is 2.42. The average Bonchev–Trinajstić information content (AvgIpc) is 2.62. The maximum absolute atomic E-state index is 9.99. The fraction of sp³-hybridized carbons (Fsp3) is 0.308. The van der Waals surface area contributed by atoms with E-state index < -0.39 is 11.2 Å². The van der Waals surface area contributed by atoms with Crippen molar-refractivity contribution in [2.24, 2.45) is 0 Å². The predicted octanol–water partition coefficient (Wildman–Crippen LogP) is 4.61. The maximum Gasteiger partial charge on any atom is 0.119 e. The topological polar surface area (TPSA) is 40.5 Å². The van der Waals surface area contributed by atoms with E-state index in [1.54, 1.807) is 27.7 Å². The number of aliphatic hydroxyl groups is 2. The number of rotatable bonds is 0. The van der Waals surface area contributed by atoms with Gasteiger partial charge in [0.2, 0.25) is 0 Å². The summed E-state index contributed by atoms with van der Waals surface area (Å²) >= 11 is 0. The van der Waals surface area contributed by atoms with Gasteiger partial charge in [0.05, 0.1) is 11.8 Å². The van der Waals surface area contributed by atoms with Crippen molar-refractivity contribution >= 4 is 22.9 Å². The molecule has 2 unspecified atom stereocenters. The van der Waals surface area contributed by atoms with E-state index in [0.717, 1.165) is 0 Å². The number of benzene rings is 2. The van der Waals surface area contributed by atoms with Crippen molar-refractivity contribution in [2.45, 2.75) is 50.7 Å². The van der Waals surface area contributed by atoms with Crippen LogP contribution in [0.3, 0.4) is 0 Å². The standard InChI is InChI=1S/C26H24O2/c1-25(2,27)15-13-17-5-7-19-9-10-20-8-6-18(14-16-26(3,4)28)22-12-11-21(17)23(19)24(20)22/h5-12,17-18,27-28H,1-4H3. The summed E-state index contributed by atoms with van der Waals surface area (Å²) in [5, 5.41) is 22.4. The van der Waals surface area contributed by atoms with Gasteiger partial charge in [0, 0.05) is 0 Å². The fourth-order valence-electron chi connectivity index (χ4n) is 3.77. The lowest BCUT2D eigenvalue weighted by Gasteiger charge is -2.25. The molecule has 2 heteroatoms. The Morgan fingerprint density at radius 3 is 1.43 bits per heavy atom. The normalized spacial score (nSPS) is 19.6. The van der Waals surface area contributed by atoms with Gasteiger partial charge in [-0.3, -0.25) is 0 Å². The molecule has 2 N–H and O–H groups in total. The lowest BCUT2D eigenvalue weighted by Crippen LogP contribution is -2.15. The number of hydrogen-bond acceptors (Lipinski definition) is 2. The third kappa shape index (κ3) is 3.50. The first-order valence-corrected chi connectivity index (χ1v) is 9.58. The molecular weight excluding hydrogens is 344 g/mol. The Hall–Kier alpha value is -2.78. The Morgan fingerprint density at radius 1 is 0.679 bits per heavy atom. The van der Waals surface area contributed by atoms with Crippen LogP contribution in [0, 0.1) is 23.7 Å². The highest BCUT2D eigenvalue weighted by atomic mass is 16.3. The molecule has 0 radical (unpaired) electrons. The Labute approximate surface area is 166 Å². The van der Waals surface area contributed by atoms with Gasteiger partial charge in [-0.25, -0.2) is 0 Å².